The van der Waals surface area contributed by atoms with E-state index in [1.165, 1.54) is 17.8 Å². The lowest BCUT2D eigenvalue weighted by atomic mass is 9.68. The zero-order valence-electron chi connectivity index (χ0n) is 14.8. The molecule has 140 valence electrons. The number of nitrogens with zero attached hydrogens (tertiary/aromatic N) is 1. The van der Waals surface area contributed by atoms with Crippen molar-refractivity contribution in [2.24, 2.45) is 11.3 Å². The van der Waals surface area contributed by atoms with Crippen molar-refractivity contribution in [1.82, 2.24) is 10.3 Å². The maximum Gasteiger partial charge on any atom is 0.233 e. The van der Waals surface area contributed by atoms with Crippen LogP contribution in [0.3, 0.4) is 0 Å². The molecule has 2 atom stereocenters. The number of carbonyl (C=O) groups is 1. The fourth-order valence-corrected chi connectivity index (χ4v) is 4.93. The maximum atomic E-state index is 13.0. The van der Waals surface area contributed by atoms with Crippen LogP contribution in [-0.4, -0.2) is 31.1 Å². The first-order valence-corrected chi connectivity index (χ1v) is 9.72. The normalized spacial score (nSPS) is 24.4. The molecule has 1 amide bonds. The summed E-state index contributed by atoms with van der Waals surface area (Å²) in [6.45, 7) is 1.74. The number of para-hydroxylation sites is 1. The minimum atomic E-state index is -0.255. The van der Waals surface area contributed by atoms with Gasteiger partial charge < -0.3 is 15.4 Å². The SMILES string of the molecule is COc1ccccc1-c1csc(NC(=O)[C@@]23CCCC[C@H]2CNC3)n1.Cl. The first-order valence-electron chi connectivity index (χ1n) is 8.84. The van der Waals surface area contributed by atoms with Gasteiger partial charge in [-0.2, -0.15) is 0 Å². The number of thiazole rings is 1. The van der Waals surface area contributed by atoms with E-state index < -0.39 is 0 Å². The molecule has 2 fully saturated rings. The highest BCUT2D eigenvalue weighted by molar-refractivity contribution is 7.14. The van der Waals surface area contributed by atoms with Crippen LogP contribution in [0.5, 0.6) is 5.75 Å². The molecule has 0 spiro atoms. The second kappa shape index (κ2) is 7.94. The second-order valence-electron chi connectivity index (χ2n) is 6.92. The number of anilines is 1. The van der Waals surface area contributed by atoms with E-state index in [1.54, 1.807) is 7.11 Å². The van der Waals surface area contributed by atoms with Crippen molar-refractivity contribution in [3.05, 3.63) is 29.6 Å². The largest absolute Gasteiger partial charge is 0.496 e. The standard InChI is InChI=1S/C19H23N3O2S.ClH/c1-24-16-8-3-2-7-14(16)15-11-25-18(21-15)22-17(23)19-9-5-4-6-13(19)10-20-12-19;/h2-3,7-8,11,13,20H,4-6,9-10,12H2,1H3,(H,21,22,23);1H/t13-,19+;/m0./s1. The molecule has 5 nitrogen and oxygen atoms in total. The Morgan fingerprint density at radius 2 is 2.23 bits per heavy atom. The fourth-order valence-electron chi connectivity index (χ4n) is 4.22. The van der Waals surface area contributed by atoms with Crippen molar-refractivity contribution >= 4 is 34.8 Å². The minimum absolute atomic E-state index is 0. The Morgan fingerprint density at radius 1 is 1.38 bits per heavy atom. The van der Waals surface area contributed by atoms with E-state index in [4.69, 9.17) is 4.74 Å². The van der Waals surface area contributed by atoms with Crippen LogP contribution in [0, 0.1) is 11.3 Å². The summed E-state index contributed by atoms with van der Waals surface area (Å²) in [6.07, 6.45) is 4.48. The van der Waals surface area contributed by atoms with Crippen molar-refractivity contribution in [3.63, 3.8) is 0 Å². The molecule has 1 aromatic carbocycles. The van der Waals surface area contributed by atoms with Crippen LogP contribution in [0.25, 0.3) is 11.3 Å². The number of benzene rings is 1. The number of ether oxygens (including phenoxy) is 1. The molecule has 0 unspecified atom stereocenters. The lowest BCUT2D eigenvalue weighted by molar-refractivity contribution is -0.128. The van der Waals surface area contributed by atoms with Crippen LogP contribution in [0.4, 0.5) is 5.13 Å². The van der Waals surface area contributed by atoms with Gasteiger partial charge in [-0.25, -0.2) is 4.98 Å². The van der Waals surface area contributed by atoms with Crippen LogP contribution >= 0.6 is 23.7 Å². The van der Waals surface area contributed by atoms with Gasteiger partial charge in [0.15, 0.2) is 5.13 Å². The minimum Gasteiger partial charge on any atom is -0.496 e. The van der Waals surface area contributed by atoms with Gasteiger partial charge in [0, 0.05) is 17.5 Å². The molecule has 4 rings (SSSR count). The maximum absolute atomic E-state index is 13.0. The third-order valence-corrected chi connectivity index (χ3v) is 6.36. The van der Waals surface area contributed by atoms with Crippen molar-refractivity contribution < 1.29 is 9.53 Å². The molecule has 1 aromatic heterocycles. The molecule has 2 heterocycles. The highest BCUT2D eigenvalue weighted by Gasteiger charge is 2.49. The number of rotatable bonds is 4. The molecule has 26 heavy (non-hydrogen) atoms. The summed E-state index contributed by atoms with van der Waals surface area (Å²) in [4.78, 5) is 17.7. The first kappa shape index (κ1) is 19.1. The smallest absolute Gasteiger partial charge is 0.233 e. The van der Waals surface area contributed by atoms with Gasteiger partial charge in [-0.05, 0) is 37.4 Å². The molecule has 1 aliphatic heterocycles. The van der Waals surface area contributed by atoms with Gasteiger partial charge in [0.1, 0.15) is 5.75 Å². The average molecular weight is 394 g/mol. The fraction of sp³-hybridized carbons (Fsp3) is 0.474. The molecule has 1 aliphatic carbocycles. The summed E-state index contributed by atoms with van der Waals surface area (Å²) in [5.41, 5.74) is 1.52. The summed E-state index contributed by atoms with van der Waals surface area (Å²) >= 11 is 1.47. The zero-order valence-corrected chi connectivity index (χ0v) is 16.4. The third kappa shape index (κ3) is 3.33. The van der Waals surface area contributed by atoms with E-state index in [9.17, 15) is 4.79 Å². The van der Waals surface area contributed by atoms with E-state index in [0.29, 0.717) is 11.0 Å². The molecule has 2 N–H and O–H groups in total. The number of aromatic nitrogens is 1. The highest BCUT2D eigenvalue weighted by atomic mass is 35.5. The first-order chi connectivity index (χ1) is 12.2. The van der Waals surface area contributed by atoms with E-state index >= 15 is 0 Å². The second-order valence-corrected chi connectivity index (χ2v) is 7.78. The van der Waals surface area contributed by atoms with Gasteiger partial charge in [-0.15, -0.1) is 23.7 Å². The molecule has 2 aromatic rings. The Labute approximate surface area is 164 Å². The van der Waals surface area contributed by atoms with E-state index in [1.807, 2.05) is 29.6 Å². The number of hydrogen-bond acceptors (Lipinski definition) is 5. The number of halogens is 1. The van der Waals surface area contributed by atoms with Gasteiger partial charge in [-0.1, -0.05) is 25.0 Å². The molecule has 0 bridgehead atoms. The Balaban J connectivity index is 0.00000196. The topological polar surface area (TPSA) is 63.2 Å². The van der Waals surface area contributed by atoms with Crippen molar-refractivity contribution in [2.75, 3.05) is 25.5 Å². The number of hydrogen-bond donors (Lipinski definition) is 2. The summed E-state index contributed by atoms with van der Waals surface area (Å²) in [5.74, 6) is 1.37. The predicted molar refractivity (Wildman–Crippen MR) is 107 cm³/mol. The Kier molecular flexibility index (Phi) is 5.85. The summed E-state index contributed by atoms with van der Waals surface area (Å²) in [5, 5.41) is 9.14. The molecule has 0 radical (unpaired) electrons. The molecule has 2 aliphatic rings. The number of methoxy groups -OCH3 is 1. The van der Waals surface area contributed by atoms with Crippen LogP contribution in [0.2, 0.25) is 0 Å². The van der Waals surface area contributed by atoms with E-state index in [0.717, 1.165) is 49.4 Å². The summed E-state index contributed by atoms with van der Waals surface area (Å²) in [7, 11) is 1.66. The molecule has 1 saturated carbocycles. The Bertz CT molecular complexity index is 782. The molecular formula is C19H24ClN3O2S. The summed E-state index contributed by atoms with van der Waals surface area (Å²) < 4.78 is 5.41. The van der Waals surface area contributed by atoms with Gasteiger partial charge in [0.05, 0.1) is 18.2 Å². The quantitative estimate of drug-likeness (QED) is 0.825. The van der Waals surface area contributed by atoms with Crippen molar-refractivity contribution in [1.29, 1.82) is 0 Å². The lowest BCUT2D eigenvalue weighted by Crippen LogP contribution is -2.44. The van der Waals surface area contributed by atoms with Crippen molar-refractivity contribution in [3.8, 4) is 17.0 Å². The van der Waals surface area contributed by atoms with Gasteiger partial charge in [0.2, 0.25) is 5.91 Å². The van der Waals surface area contributed by atoms with Gasteiger partial charge in [0.25, 0.3) is 0 Å². The molecule has 7 heteroatoms. The monoisotopic (exact) mass is 393 g/mol. The van der Waals surface area contributed by atoms with E-state index in [2.05, 4.69) is 15.6 Å². The van der Waals surface area contributed by atoms with Crippen LogP contribution in [0.1, 0.15) is 25.7 Å². The summed E-state index contributed by atoms with van der Waals surface area (Å²) in [6, 6.07) is 7.80. The molecule has 1 saturated heterocycles. The van der Waals surface area contributed by atoms with Gasteiger partial charge in [-0.3, -0.25) is 4.79 Å². The number of amides is 1. The van der Waals surface area contributed by atoms with Gasteiger partial charge >= 0.3 is 0 Å². The third-order valence-electron chi connectivity index (χ3n) is 5.60. The Hall–Kier alpha value is -1.63. The van der Waals surface area contributed by atoms with Crippen LogP contribution in [0.15, 0.2) is 29.6 Å². The van der Waals surface area contributed by atoms with Crippen LogP contribution < -0.4 is 15.4 Å². The number of nitrogens with one attached hydrogen (secondary N) is 2. The lowest BCUT2D eigenvalue weighted by Gasteiger charge is -2.36. The number of carbonyl (C=O) groups excluding carboxylic acids is 1. The average Bonchev–Trinajstić information content (AvgIpc) is 3.29. The van der Waals surface area contributed by atoms with Crippen LogP contribution in [-0.2, 0) is 4.79 Å². The Morgan fingerprint density at radius 3 is 3.08 bits per heavy atom. The molecular weight excluding hydrogens is 370 g/mol. The number of fused-ring (bicyclic) bond motifs is 1. The predicted octanol–water partition coefficient (Wildman–Crippen LogP) is 3.96. The zero-order chi connectivity index (χ0) is 17.3. The van der Waals surface area contributed by atoms with E-state index in [-0.39, 0.29) is 23.7 Å². The highest BCUT2D eigenvalue weighted by Crippen LogP contribution is 2.44. The van der Waals surface area contributed by atoms with Crippen molar-refractivity contribution in [2.45, 2.75) is 25.7 Å².